The average molecular weight is 259 g/mol. The fraction of sp³-hybridized carbons (Fsp3) is 0.200. The fourth-order valence-corrected chi connectivity index (χ4v) is 1.84. The summed E-state index contributed by atoms with van der Waals surface area (Å²) in [4.78, 5) is 24.6. The summed E-state index contributed by atoms with van der Waals surface area (Å²) in [5.74, 6) is -0.514. The van der Waals surface area contributed by atoms with Crippen LogP contribution in [0.4, 0.5) is 5.69 Å². The second-order valence-electron chi connectivity index (χ2n) is 3.52. The lowest BCUT2D eigenvalue weighted by atomic mass is 10.1. The number of nitrogens with one attached hydrogen (secondary N) is 1. The smallest absolute Gasteiger partial charge is 0.256 e. The van der Waals surface area contributed by atoms with E-state index in [1.165, 1.54) is 17.0 Å². The monoisotopic (exact) mass is 258 g/mol. The number of rotatable bonds is 0. The molecule has 0 saturated carbocycles. The molecule has 1 aromatic carbocycles. The van der Waals surface area contributed by atoms with E-state index < -0.39 is 0 Å². The second kappa shape index (κ2) is 3.96. The van der Waals surface area contributed by atoms with Crippen molar-refractivity contribution in [2.24, 2.45) is 0 Å². The Balaban J connectivity index is 2.60. The molecule has 1 N–H and O–H groups in total. The van der Waals surface area contributed by atoms with E-state index in [-0.39, 0.29) is 18.4 Å². The molecule has 0 spiro atoms. The van der Waals surface area contributed by atoms with Gasteiger partial charge in [0.2, 0.25) is 5.91 Å². The molecule has 2 amide bonds. The van der Waals surface area contributed by atoms with E-state index in [0.717, 1.165) is 0 Å². The molecule has 16 heavy (non-hydrogen) atoms. The van der Waals surface area contributed by atoms with Crippen molar-refractivity contribution in [1.29, 1.82) is 0 Å². The summed E-state index contributed by atoms with van der Waals surface area (Å²) in [7, 11) is 1.56. The first kappa shape index (κ1) is 11.2. The van der Waals surface area contributed by atoms with Gasteiger partial charge in [0.05, 0.1) is 27.8 Å². The van der Waals surface area contributed by atoms with E-state index in [9.17, 15) is 9.59 Å². The lowest BCUT2D eigenvalue weighted by molar-refractivity contribution is -0.116. The van der Waals surface area contributed by atoms with Crippen molar-refractivity contribution in [2.75, 3.05) is 18.9 Å². The van der Waals surface area contributed by atoms with Gasteiger partial charge < -0.3 is 10.2 Å². The molecule has 1 aromatic rings. The van der Waals surface area contributed by atoms with Crippen LogP contribution in [0.1, 0.15) is 10.4 Å². The third-order valence-corrected chi connectivity index (χ3v) is 3.01. The zero-order chi connectivity index (χ0) is 11.9. The maximum atomic E-state index is 11.9. The van der Waals surface area contributed by atoms with Gasteiger partial charge in [-0.2, -0.15) is 0 Å². The zero-order valence-electron chi connectivity index (χ0n) is 8.38. The molecule has 84 valence electrons. The van der Waals surface area contributed by atoms with Gasteiger partial charge in [0.15, 0.2) is 0 Å². The number of carbonyl (C=O) groups is 2. The Morgan fingerprint density at radius 3 is 2.56 bits per heavy atom. The molecule has 0 bridgehead atoms. The van der Waals surface area contributed by atoms with Crippen LogP contribution in [0.15, 0.2) is 12.1 Å². The number of anilines is 1. The van der Waals surface area contributed by atoms with Crippen LogP contribution in [-0.2, 0) is 4.79 Å². The highest BCUT2D eigenvalue weighted by molar-refractivity contribution is 6.42. The Morgan fingerprint density at radius 1 is 1.25 bits per heavy atom. The quantitative estimate of drug-likeness (QED) is 0.774. The SMILES string of the molecule is CN1CC(=O)Nc2cc(Cl)c(Cl)cc2C1=O. The maximum Gasteiger partial charge on any atom is 0.256 e. The number of likely N-dealkylation sites (N-methyl/N-ethyl adjacent to an activating group) is 1. The minimum Gasteiger partial charge on any atom is -0.332 e. The summed E-state index contributed by atoms with van der Waals surface area (Å²) in [6, 6.07) is 2.94. The predicted octanol–water partition coefficient (Wildman–Crippen LogP) is 2.02. The topological polar surface area (TPSA) is 49.4 Å². The molecule has 0 radical (unpaired) electrons. The average Bonchev–Trinajstić information content (AvgIpc) is 2.29. The van der Waals surface area contributed by atoms with E-state index in [0.29, 0.717) is 21.3 Å². The molecular weight excluding hydrogens is 251 g/mol. The van der Waals surface area contributed by atoms with Gasteiger partial charge in [-0.15, -0.1) is 0 Å². The van der Waals surface area contributed by atoms with Crippen molar-refractivity contribution in [2.45, 2.75) is 0 Å². The van der Waals surface area contributed by atoms with Gasteiger partial charge in [-0.05, 0) is 12.1 Å². The lowest BCUT2D eigenvalue weighted by Crippen LogP contribution is -2.31. The maximum absolute atomic E-state index is 11.9. The number of amides is 2. The molecule has 0 saturated heterocycles. The van der Waals surface area contributed by atoms with Gasteiger partial charge in [-0.1, -0.05) is 23.2 Å². The minimum absolute atomic E-state index is 0.0166. The number of fused-ring (bicyclic) bond motifs is 1. The molecule has 0 aromatic heterocycles. The molecule has 1 aliphatic heterocycles. The first-order valence-corrected chi connectivity index (χ1v) is 5.29. The van der Waals surface area contributed by atoms with Gasteiger partial charge in [0, 0.05) is 7.05 Å². The molecule has 0 aliphatic carbocycles. The van der Waals surface area contributed by atoms with Crippen LogP contribution in [0.2, 0.25) is 10.0 Å². The molecule has 0 fully saturated rings. The Bertz CT molecular complexity index is 488. The molecule has 1 heterocycles. The van der Waals surface area contributed by atoms with Crippen molar-refractivity contribution in [1.82, 2.24) is 4.90 Å². The summed E-state index contributed by atoms with van der Waals surface area (Å²) in [6.45, 7) is 0.0166. The summed E-state index contributed by atoms with van der Waals surface area (Å²) in [6.07, 6.45) is 0. The van der Waals surface area contributed by atoms with Crippen molar-refractivity contribution in [3.63, 3.8) is 0 Å². The first-order valence-electron chi connectivity index (χ1n) is 4.53. The van der Waals surface area contributed by atoms with Crippen LogP contribution in [0.3, 0.4) is 0 Å². The van der Waals surface area contributed by atoms with Crippen molar-refractivity contribution in [3.8, 4) is 0 Å². The Morgan fingerprint density at radius 2 is 1.88 bits per heavy atom. The van der Waals surface area contributed by atoms with Crippen molar-refractivity contribution >= 4 is 40.7 Å². The highest BCUT2D eigenvalue weighted by Gasteiger charge is 2.24. The number of carbonyl (C=O) groups excluding carboxylic acids is 2. The van der Waals surface area contributed by atoms with Crippen LogP contribution < -0.4 is 5.32 Å². The molecule has 4 nitrogen and oxygen atoms in total. The van der Waals surface area contributed by atoms with Crippen LogP contribution in [0.25, 0.3) is 0 Å². The van der Waals surface area contributed by atoms with E-state index in [1.807, 2.05) is 0 Å². The largest absolute Gasteiger partial charge is 0.332 e. The highest BCUT2D eigenvalue weighted by atomic mass is 35.5. The first-order chi connectivity index (χ1) is 7.49. The standard InChI is InChI=1S/C10H8Cl2N2O2/c1-14-4-9(15)13-8-3-7(12)6(11)2-5(8)10(14)16/h2-3H,4H2,1H3,(H,13,15). The van der Waals surface area contributed by atoms with Gasteiger partial charge in [-0.3, -0.25) is 9.59 Å². The van der Waals surface area contributed by atoms with Crippen LogP contribution in [0, 0.1) is 0 Å². The fourth-order valence-electron chi connectivity index (χ4n) is 1.51. The molecule has 2 rings (SSSR count). The van der Waals surface area contributed by atoms with Gasteiger partial charge in [-0.25, -0.2) is 0 Å². The number of nitrogens with zero attached hydrogens (tertiary/aromatic N) is 1. The third kappa shape index (κ3) is 1.86. The molecule has 6 heteroatoms. The summed E-state index contributed by atoms with van der Waals surface area (Å²) in [5, 5.41) is 3.20. The molecular formula is C10H8Cl2N2O2. The van der Waals surface area contributed by atoms with Crippen molar-refractivity contribution < 1.29 is 9.59 Å². The van der Waals surface area contributed by atoms with E-state index >= 15 is 0 Å². The zero-order valence-corrected chi connectivity index (χ0v) is 9.89. The number of hydrogen-bond donors (Lipinski definition) is 1. The van der Waals surface area contributed by atoms with Gasteiger partial charge >= 0.3 is 0 Å². The second-order valence-corrected chi connectivity index (χ2v) is 4.34. The number of halogens is 2. The lowest BCUT2D eigenvalue weighted by Gasteiger charge is -2.12. The third-order valence-electron chi connectivity index (χ3n) is 2.29. The van der Waals surface area contributed by atoms with Gasteiger partial charge in [0.25, 0.3) is 5.91 Å². The van der Waals surface area contributed by atoms with Crippen LogP contribution in [-0.4, -0.2) is 30.3 Å². The van der Waals surface area contributed by atoms with Crippen LogP contribution in [0.5, 0.6) is 0 Å². The molecule has 1 aliphatic rings. The number of hydrogen-bond acceptors (Lipinski definition) is 2. The van der Waals surface area contributed by atoms with Crippen molar-refractivity contribution in [3.05, 3.63) is 27.7 Å². The summed E-state index contributed by atoms with van der Waals surface area (Å²) in [5.41, 5.74) is 0.747. The molecule has 0 atom stereocenters. The summed E-state index contributed by atoms with van der Waals surface area (Å²) < 4.78 is 0. The Kier molecular flexibility index (Phi) is 2.78. The molecule has 0 unspecified atom stereocenters. The Labute approximate surface area is 102 Å². The van der Waals surface area contributed by atoms with E-state index in [2.05, 4.69) is 5.32 Å². The van der Waals surface area contributed by atoms with E-state index in [1.54, 1.807) is 7.05 Å². The highest BCUT2D eigenvalue weighted by Crippen LogP contribution is 2.30. The minimum atomic E-state index is -0.257. The van der Waals surface area contributed by atoms with Gasteiger partial charge in [0.1, 0.15) is 0 Å². The van der Waals surface area contributed by atoms with E-state index in [4.69, 9.17) is 23.2 Å². The summed E-state index contributed by atoms with van der Waals surface area (Å²) >= 11 is 11.7. The number of benzene rings is 1. The normalized spacial score (nSPS) is 15.6. The Hall–Kier alpha value is -1.26. The van der Waals surface area contributed by atoms with Crippen LogP contribution >= 0.6 is 23.2 Å². The predicted molar refractivity (Wildman–Crippen MR) is 62.1 cm³/mol.